The number of aromatic nitrogens is 4. The monoisotopic (exact) mass is 682 g/mol. The lowest BCUT2D eigenvalue weighted by molar-refractivity contribution is -0.133. The number of rotatable bonds is 8. The first-order chi connectivity index (χ1) is 23.2. The molecule has 0 unspecified atom stereocenters. The molecule has 3 amide bonds. The smallest absolute Gasteiger partial charge is 0.327 e. The van der Waals surface area contributed by atoms with Gasteiger partial charge >= 0.3 is 11.7 Å². The highest BCUT2D eigenvalue weighted by Gasteiger charge is 2.36. The lowest BCUT2D eigenvalue weighted by Crippen LogP contribution is -2.53. The fourth-order valence-corrected chi connectivity index (χ4v) is 7.21. The van der Waals surface area contributed by atoms with Gasteiger partial charge in [-0.15, -0.1) is 11.3 Å². The van der Waals surface area contributed by atoms with Gasteiger partial charge in [0.25, 0.3) is 0 Å². The van der Waals surface area contributed by atoms with Gasteiger partial charge in [0, 0.05) is 49.4 Å². The number of H-pyrrole nitrogens is 1. The average molecular weight is 683 g/mol. The summed E-state index contributed by atoms with van der Waals surface area (Å²) in [5, 5.41) is 5.43. The number of aromatic amines is 1. The van der Waals surface area contributed by atoms with E-state index in [-0.39, 0.29) is 48.7 Å². The number of benzene rings is 1. The van der Waals surface area contributed by atoms with E-state index in [0.29, 0.717) is 43.0 Å². The van der Waals surface area contributed by atoms with Crippen molar-refractivity contribution in [3.8, 4) is 0 Å². The largest absolute Gasteiger partial charge is 0.334 e. The number of hydrogen-bond donors (Lipinski definition) is 2. The predicted octanol–water partition coefficient (Wildman–Crippen LogP) is 5.13. The first-order valence-electron chi connectivity index (χ1n) is 16.7. The van der Waals surface area contributed by atoms with E-state index in [2.05, 4.69) is 45.9 Å². The van der Waals surface area contributed by atoms with Crippen molar-refractivity contribution in [2.75, 3.05) is 39.3 Å². The summed E-state index contributed by atoms with van der Waals surface area (Å²) in [6.45, 7) is 11.4. The van der Waals surface area contributed by atoms with Crippen LogP contribution in [0.25, 0.3) is 11.2 Å². The minimum Gasteiger partial charge on any atom is -0.334 e. The summed E-state index contributed by atoms with van der Waals surface area (Å²) in [5.74, 6) is -2.55. The molecule has 0 spiro atoms. The quantitative estimate of drug-likeness (QED) is 0.266. The summed E-state index contributed by atoms with van der Waals surface area (Å²) in [7, 11) is 0. The molecule has 0 aliphatic carbocycles. The Balaban J connectivity index is 0.000000582. The summed E-state index contributed by atoms with van der Waals surface area (Å²) < 4.78 is 30.5. The molecule has 2 fully saturated rings. The van der Waals surface area contributed by atoms with Crippen molar-refractivity contribution < 1.29 is 18.4 Å². The molecule has 2 N–H and O–H groups in total. The van der Waals surface area contributed by atoms with Crippen LogP contribution in [0.5, 0.6) is 0 Å². The zero-order valence-electron chi connectivity index (χ0n) is 27.7. The second-order valence-electron chi connectivity index (χ2n) is 12.1. The van der Waals surface area contributed by atoms with Gasteiger partial charge < -0.3 is 20.0 Å². The molecule has 2 aliphatic heterocycles. The highest BCUT2D eigenvalue weighted by atomic mass is 32.1. The Hall–Kier alpha value is -4.17. The highest BCUT2D eigenvalue weighted by Crippen LogP contribution is 2.31. The van der Waals surface area contributed by atoms with Crippen LogP contribution >= 0.6 is 11.3 Å². The van der Waals surface area contributed by atoms with E-state index in [4.69, 9.17) is 0 Å². The Kier molecular flexibility index (Phi) is 11.9. The average Bonchev–Trinajstić information content (AvgIpc) is 3.70. The van der Waals surface area contributed by atoms with E-state index >= 15 is 0 Å². The summed E-state index contributed by atoms with van der Waals surface area (Å²) in [5.41, 5.74) is 1.26. The number of nitrogens with one attached hydrogen (secondary N) is 2. The van der Waals surface area contributed by atoms with Crippen molar-refractivity contribution in [2.45, 2.75) is 71.0 Å². The van der Waals surface area contributed by atoms with E-state index in [1.54, 1.807) is 38.9 Å². The fourth-order valence-electron chi connectivity index (χ4n) is 6.58. The first kappa shape index (κ1) is 35.1. The van der Waals surface area contributed by atoms with Crippen LogP contribution in [0.2, 0.25) is 0 Å². The predicted molar refractivity (Wildman–Crippen MR) is 182 cm³/mol. The molecule has 11 nitrogen and oxygen atoms in total. The zero-order valence-corrected chi connectivity index (χ0v) is 28.5. The maximum atomic E-state index is 14.7. The van der Waals surface area contributed by atoms with Crippen LogP contribution in [-0.2, 0) is 11.3 Å². The van der Waals surface area contributed by atoms with E-state index in [1.807, 2.05) is 11.4 Å². The second-order valence-corrected chi connectivity index (χ2v) is 13.1. The third kappa shape index (κ3) is 8.09. The van der Waals surface area contributed by atoms with Gasteiger partial charge in [-0.1, -0.05) is 32.9 Å². The topological polar surface area (TPSA) is 119 Å². The number of halogens is 2. The summed E-state index contributed by atoms with van der Waals surface area (Å²) >= 11 is 1.40. The molecule has 2 atom stereocenters. The number of amides is 3. The molecule has 4 aromatic rings. The molecule has 48 heavy (non-hydrogen) atoms. The van der Waals surface area contributed by atoms with Crippen molar-refractivity contribution in [1.29, 1.82) is 0 Å². The highest BCUT2D eigenvalue weighted by molar-refractivity contribution is 7.09. The number of imidazole rings is 1. The van der Waals surface area contributed by atoms with Gasteiger partial charge in [0.2, 0.25) is 5.91 Å². The Morgan fingerprint density at radius 3 is 2.42 bits per heavy atom. The molecule has 3 aromatic heterocycles. The number of carbonyl (C=O) groups is 2. The molecule has 258 valence electrons. The third-order valence-electron chi connectivity index (χ3n) is 9.33. The number of urea groups is 1. The van der Waals surface area contributed by atoms with Gasteiger partial charge in [-0.05, 0) is 69.1 Å². The van der Waals surface area contributed by atoms with Crippen molar-refractivity contribution in [2.24, 2.45) is 0 Å². The molecule has 14 heteroatoms. The van der Waals surface area contributed by atoms with Gasteiger partial charge in [-0.25, -0.2) is 28.3 Å². The van der Waals surface area contributed by atoms with Crippen LogP contribution < -0.4 is 11.0 Å². The van der Waals surface area contributed by atoms with E-state index in [0.717, 1.165) is 11.6 Å². The Labute approximate surface area is 283 Å². The van der Waals surface area contributed by atoms with Crippen molar-refractivity contribution in [3.63, 3.8) is 0 Å². The maximum Gasteiger partial charge on any atom is 0.327 e. The number of thiazole rings is 1. The van der Waals surface area contributed by atoms with E-state index in [1.165, 1.54) is 37.0 Å². The molecule has 2 aliphatic rings. The van der Waals surface area contributed by atoms with Gasteiger partial charge in [0.15, 0.2) is 17.3 Å². The lowest BCUT2D eigenvalue weighted by Gasteiger charge is -2.33. The van der Waals surface area contributed by atoms with Crippen LogP contribution in [-0.4, -0.2) is 91.5 Å². The third-order valence-corrected chi connectivity index (χ3v) is 10.1. The van der Waals surface area contributed by atoms with Gasteiger partial charge in [-0.3, -0.25) is 14.3 Å². The van der Waals surface area contributed by atoms with Crippen molar-refractivity contribution >= 4 is 34.4 Å². The Morgan fingerprint density at radius 1 is 1.00 bits per heavy atom. The minimum absolute atomic E-state index is 0.0836. The molecule has 2 saturated heterocycles. The minimum atomic E-state index is -0.927. The summed E-state index contributed by atoms with van der Waals surface area (Å²) in [4.78, 5) is 56.4. The lowest BCUT2D eigenvalue weighted by atomic mass is 9.93. The van der Waals surface area contributed by atoms with Gasteiger partial charge in [0.1, 0.15) is 11.0 Å². The van der Waals surface area contributed by atoms with Crippen LogP contribution in [0.4, 0.5) is 13.6 Å². The van der Waals surface area contributed by atoms with Crippen LogP contribution in [0.15, 0.2) is 52.9 Å². The molecule has 0 radical (unpaired) electrons. The molecular weight excluding hydrogens is 638 g/mol. The van der Waals surface area contributed by atoms with Crippen LogP contribution in [0.3, 0.4) is 0 Å². The van der Waals surface area contributed by atoms with Gasteiger partial charge in [-0.2, -0.15) is 0 Å². The number of carbonyl (C=O) groups excluding carboxylic acids is 2. The molecule has 1 aromatic carbocycles. The van der Waals surface area contributed by atoms with Gasteiger partial charge in [0.05, 0.1) is 12.1 Å². The number of piperidine rings is 1. The summed E-state index contributed by atoms with van der Waals surface area (Å²) in [6.07, 6.45) is 5.10. The number of fused-ring (bicyclic) bond motifs is 1. The summed E-state index contributed by atoms with van der Waals surface area (Å²) in [6, 6.07) is 6.46. The molecule has 6 rings (SSSR count). The number of likely N-dealkylation sites (tertiary alicyclic amines) is 2. The SMILES string of the molecule is CCN(CC)CC.O=C(N[C@@H]1CC[C@@H](c2cccc(F)c2F)CN(Cc2nccs2)C1=O)N1CCC(n2c(=O)[nH]c3ncccc32)CC1. The first-order valence-corrected chi connectivity index (χ1v) is 17.6. The Morgan fingerprint density at radius 2 is 1.75 bits per heavy atom. The van der Waals surface area contributed by atoms with E-state index < -0.39 is 23.6 Å². The van der Waals surface area contributed by atoms with Crippen molar-refractivity contribution in [1.82, 2.24) is 39.5 Å². The number of nitrogens with zero attached hydrogens (tertiary/aromatic N) is 6. The zero-order chi connectivity index (χ0) is 34.2. The number of hydrogen-bond acceptors (Lipinski definition) is 7. The second kappa shape index (κ2) is 16.3. The standard InChI is InChI=1S/C28H29F2N7O3S.C6H15N/c29-20-4-1-3-19(24(20)30)17-6-7-21(26(38)36(15-17)16-23-31-11-14-41-23)33-27(39)35-12-8-18(9-13-35)37-22-5-2-10-32-25(22)34-28(37)40;1-4-7(5-2)6-3/h1-5,10-11,14,17-18,21H,6-9,12-13,15-16H2,(H,33,39)(H,32,34,40);4-6H2,1-3H3/t17-,21-;/m1./s1. The molecule has 0 saturated carbocycles. The fraction of sp³-hybridized carbons (Fsp3) is 0.500. The van der Waals surface area contributed by atoms with Crippen LogP contribution in [0, 0.1) is 11.6 Å². The maximum absolute atomic E-state index is 14.7. The Bertz CT molecular complexity index is 1710. The van der Waals surface area contributed by atoms with E-state index in [9.17, 15) is 23.2 Å². The molecule has 0 bridgehead atoms. The molecule has 5 heterocycles. The normalized spacial score (nSPS) is 18.9. The van der Waals surface area contributed by atoms with Crippen LogP contribution in [0.1, 0.15) is 69.0 Å². The van der Waals surface area contributed by atoms with Crippen molar-refractivity contribution in [3.05, 3.63) is 80.8 Å². The number of pyridine rings is 1. The molecular formula is C34H44F2N8O3S.